The normalized spacial score (nSPS) is 12.8. The molecule has 0 fully saturated rings. The van der Waals surface area contributed by atoms with E-state index in [1.54, 1.807) is 6.08 Å². The zero-order valence-corrected chi connectivity index (χ0v) is 38.1. The Morgan fingerprint density at radius 1 is 0.474 bits per heavy atom. The van der Waals surface area contributed by atoms with Gasteiger partial charge in [-0.1, -0.05) is 218 Å². The van der Waals surface area contributed by atoms with Crippen molar-refractivity contribution in [2.45, 2.75) is 276 Å². The largest absolute Gasteiger partial charge is 0.466 e. The summed E-state index contributed by atoms with van der Waals surface area (Å²) in [5.74, 6) is -0.0941. The van der Waals surface area contributed by atoms with Crippen LogP contribution in [0, 0.1) is 0 Å². The SMILES string of the molecule is CCCCCCCC/C=C\CCCCCCCCCC(=O)OCCCCCCCCCCCCCCCC(=O)NC(CO)C(O)/C=C/CCCCCCCCCC. The minimum Gasteiger partial charge on any atom is -0.466 e. The number of ether oxygens (including phenoxy) is 1. The fourth-order valence-electron chi connectivity index (χ4n) is 7.57. The Morgan fingerprint density at radius 2 is 0.825 bits per heavy atom. The quantitative estimate of drug-likeness (QED) is 0.0324. The third-order valence-corrected chi connectivity index (χ3v) is 11.5. The maximum absolute atomic E-state index is 12.4. The average Bonchev–Trinajstić information content (AvgIpc) is 3.21. The molecule has 336 valence electrons. The van der Waals surface area contributed by atoms with Crippen molar-refractivity contribution in [1.29, 1.82) is 0 Å². The molecule has 57 heavy (non-hydrogen) atoms. The van der Waals surface area contributed by atoms with Crippen LogP contribution in [0.3, 0.4) is 0 Å². The monoisotopic (exact) mass is 804 g/mol. The smallest absolute Gasteiger partial charge is 0.305 e. The number of nitrogens with one attached hydrogen (secondary N) is 1. The Morgan fingerprint density at radius 3 is 1.25 bits per heavy atom. The van der Waals surface area contributed by atoms with Gasteiger partial charge in [0.25, 0.3) is 0 Å². The van der Waals surface area contributed by atoms with Gasteiger partial charge in [0.15, 0.2) is 0 Å². The summed E-state index contributed by atoms with van der Waals surface area (Å²) in [6.45, 7) is 4.84. The van der Waals surface area contributed by atoms with E-state index >= 15 is 0 Å². The molecule has 0 aromatic rings. The van der Waals surface area contributed by atoms with Crippen molar-refractivity contribution in [2.75, 3.05) is 13.2 Å². The first-order valence-corrected chi connectivity index (χ1v) is 25.1. The van der Waals surface area contributed by atoms with Crippen LogP contribution >= 0.6 is 0 Å². The third kappa shape index (κ3) is 43.7. The summed E-state index contributed by atoms with van der Waals surface area (Å²) in [6.07, 6.45) is 54.6. The molecule has 0 aromatic carbocycles. The molecule has 1 amide bonds. The van der Waals surface area contributed by atoms with E-state index in [2.05, 4.69) is 31.3 Å². The highest BCUT2D eigenvalue weighted by molar-refractivity contribution is 5.76. The highest BCUT2D eigenvalue weighted by Gasteiger charge is 2.18. The van der Waals surface area contributed by atoms with Gasteiger partial charge >= 0.3 is 5.97 Å². The highest BCUT2D eigenvalue weighted by Crippen LogP contribution is 2.15. The number of aliphatic hydroxyl groups excluding tert-OH is 2. The van der Waals surface area contributed by atoms with Crippen LogP contribution in [0.2, 0.25) is 0 Å². The molecule has 6 nitrogen and oxygen atoms in total. The van der Waals surface area contributed by atoms with Gasteiger partial charge in [-0.05, 0) is 57.8 Å². The van der Waals surface area contributed by atoms with Crippen molar-refractivity contribution >= 4 is 11.9 Å². The number of hydrogen-bond acceptors (Lipinski definition) is 5. The van der Waals surface area contributed by atoms with Crippen LogP contribution in [0.4, 0.5) is 0 Å². The predicted octanol–water partition coefficient (Wildman–Crippen LogP) is 14.7. The molecule has 3 N–H and O–H groups in total. The van der Waals surface area contributed by atoms with Gasteiger partial charge in [0.1, 0.15) is 0 Å². The number of unbranched alkanes of at least 4 members (excludes halogenated alkanes) is 33. The van der Waals surface area contributed by atoms with Gasteiger partial charge in [0, 0.05) is 12.8 Å². The molecule has 0 aliphatic carbocycles. The van der Waals surface area contributed by atoms with E-state index in [0.29, 0.717) is 19.4 Å². The second-order valence-corrected chi connectivity index (χ2v) is 17.1. The van der Waals surface area contributed by atoms with E-state index in [-0.39, 0.29) is 18.5 Å². The van der Waals surface area contributed by atoms with E-state index in [1.165, 1.54) is 180 Å². The van der Waals surface area contributed by atoms with Crippen molar-refractivity contribution in [1.82, 2.24) is 5.32 Å². The van der Waals surface area contributed by atoms with Gasteiger partial charge in [0.05, 0.1) is 25.4 Å². The minimum absolute atomic E-state index is 0.0109. The Hall–Kier alpha value is -1.66. The fraction of sp³-hybridized carbons (Fsp3) is 0.882. The molecule has 0 aliphatic heterocycles. The maximum atomic E-state index is 12.4. The molecule has 0 spiro atoms. The summed E-state index contributed by atoms with van der Waals surface area (Å²) >= 11 is 0. The number of allylic oxidation sites excluding steroid dienone is 3. The predicted molar refractivity (Wildman–Crippen MR) is 246 cm³/mol. The van der Waals surface area contributed by atoms with E-state index in [9.17, 15) is 19.8 Å². The fourth-order valence-corrected chi connectivity index (χ4v) is 7.57. The summed E-state index contributed by atoms with van der Waals surface area (Å²) in [6, 6.07) is -0.635. The lowest BCUT2D eigenvalue weighted by Gasteiger charge is -2.20. The molecule has 6 heteroatoms. The lowest BCUT2D eigenvalue weighted by atomic mass is 10.0. The van der Waals surface area contributed by atoms with Gasteiger partial charge in [-0.15, -0.1) is 0 Å². The van der Waals surface area contributed by atoms with Gasteiger partial charge in [-0.2, -0.15) is 0 Å². The van der Waals surface area contributed by atoms with Crippen LogP contribution in [0.1, 0.15) is 264 Å². The summed E-state index contributed by atoms with van der Waals surface area (Å²) in [5.41, 5.74) is 0. The van der Waals surface area contributed by atoms with Crippen molar-refractivity contribution < 1.29 is 24.5 Å². The summed E-state index contributed by atoms with van der Waals surface area (Å²) in [4.78, 5) is 24.4. The van der Waals surface area contributed by atoms with E-state index in [0.717, 1.165) is 57.8 Å². The molecule has 0 heterocycles. The number of hydrogen-bond donors (Lipinski definition) is 3. The molecule has 0 aliphatic rings. The van der Waals surface area contributed by atoms with Crippen LogP contribution in [0.15, 0.2) is 24.3 Å². The molecule has 0 radical (unpaired) electrons. The molecule has 0 aromatic heterocycles. The minimum atomic E-state index is -0.850. The maximum Gasteiger partial charge on any atom is 0.305 e. The number of amides is 1. The molecule has 0 saturated heterocycles. The molecule has 2 atom stereocenters. The van der Waals surface area contributed by atoms with Gasteiger partial charge in [0.2, 0.25) is 5.91 Å². The average molecular weight is 804 g/mol. The Labute approximate surface area is 354 Å². The second-order valence-electron chi connectivity index (χ2n) is 17.1. The number of aliphatic hydroxyl groups is 2. The van der Waals surface area contributed by atoms with Crippen LogP contribution in [0.25, 0.3) is 0 Å². The Kier molecular flexibility index (Phi) is 45.7. The van der Waals surface area contributed by atoms with Crippen molar-refractivity contribution in [3.63, 3.8) is 0 Å². The standard InChI is InChI=1S/C51H97NO5/c1-3-5-7-9-11-13-15-16-17-18-19-22-25-29-33-37-41-45-51(56)57-46-42-38-34-30-26-23-20-21-24-28-32-36-40-44-50(55)52-48(47-53)49(54)43-39-35-31-27-14-12-10-8-6-4-2/h16-17,39,43,48-49,53-54H,3-15,18-38,40-42,44-47H2,1-2H3,(H,52,55)/b17-16-,43-39+. The number of carbonyl (C=O) groups excluding carboxylic acids is 2. The first kappa shape index (κ1) is 55.3. The Bertz CT molecular complexity index is 889. The summed E-state index contributed by atoms with van der Waals surface area (Å²) in [7, 11) is 0. The van der Waals surface area contributed by atoms with Gasteiger partial charge < -0.3 is 20.3 Å². The Balaban J connectivity index is 3.45. The van der Waals surface area contributed by atoms with E-state index in [1.807, 2.05) is 6.08 Å². The van der Waals surface area contributed by atoms with Crippen molar-refractivity contribution in [2.24, 2.45) is 0 Å². The molecule has 2 unspecified atom stereocenters. The van der Waals surface area contributed by atoms with Crippen LogP contribution < -0.4 is 5.32 Å². The van der Waals surface area contributed by atoms with Gasteiger partial charge in [-0.25, -0.2) is 0 Å². The zero-order valence-electron chi connectivity index (χ0n) is 38.1. The molecule has 0 saturated carbocycles. The summed E-state index contributed by atoms with van der Waals surface area (Å²) < 4.78 is 5.46. The van der Waals surface area contributed by atoms with Crippen LogP contribution in [-0.2, 0) is 14.3 Å². The van der Waals surface area contributed by atoms with Crippen LogP contribution in [0.5, 0.6) is 0 Å². The van der Waals surface area contributed by atoms with Crippen molar-refractivity contribution in [3.8, 4) is 0 Å². The highest BCUT2D eigenvalue weighted by atomic mass is 16.5. The second kappa shape index (κ2) is 47.0. The lowest BCUT2D eigenvalue weighted by Crippen LogP contribution is -2.45. The number of carbonyl (C=O) groups is 2. The molecular weight excluding hydrogens is 707 g/mol. The zero-order chi connectivity index (χ0) is 41.5. The van der Waals surface area contributed by atoms with E-state index in [4.69, 9.17) is 4.74 Å². The van der Waals surface area contributed by atoms with Crippen molar-refractivity contribution in [3.05, 3.63) is 24.3 Å². The molecular formula is C51H97NO5. The summed E-state index contributed by atoms with van der Waals surface area (Å²) in [5, 5.41) is 22.9. The van der Waals surface area contributed by atoms with Gasteiger partial charge in [-0.3, -0.25) is 9.59 Å². The molecule has 0 rings (SSSR count). The topological polar surface area (TPSA) is 95.9 Å². The number of esters is 1. The molecule has 0 bridgehead atoms. The van der Waals surface area contributed by atoms with E-state index < -0.39 is 12.1 Å². The first-order chi connectivity index (χ1) is 28.0. The lowest BCUT2D eigenvalue weighted by molar-refractivity contribution is -0.143. The third-order valence-electron chi connectivity index (χ3n) is 11.5. The number of rotatable bonds is 46. The van der Waals surface area contributed by atoms with Crippen LogP contribution in [-0.4, -0.2) is 47.4 Å². The first-order valence-electron chi connectivity index (χ1n) is 25.1.